The summed E-state index contributed by atoms with van der Waals surface area (Å²) in [4.78, 5) is 5.00. The Morgan fingerprint density at radius 2 is 1.83 bits per heavy atom. The summed E-state index contributed by atoms with van der Waals surface area (Å²) in [6.07, 6.45) is 9.70. The first-order valence-corrected chi connectivity index (χ1v) is 4.96. The summed E-state index contributed by atoms with van der Waals surface area (Å²) >= 11 is 0. The first kappa shape index (κ1) is 11.5. The van der Waals surface area contributed by atoms with Gasteiger partial charge >= 0.3 is 0 Å². The maximum atomic E-state index is 5.00. The van der Waals surface area contributed by atoms with Crippen molar-refractivity contribution >= 4 is 6.21 Å². The van der Waals surface area contributed by atoms with Crippen molar-refractivity contribution in [2.24, 2.45) is 5.16 Å². The molecule has 0 heterocycles. The minimum atomic E-state index is 0.743. The van der Waals surface area contributed by atoms with E-state index in [9.17, 15) is 0 Å². The Morgan fingerprint density at radius 1 is 1.08 bits per heavy atom. The molecule has 0 unspecified atom stereocenters. The summed E-state index contributed by atoms with van der Waals surface area (Å²) < 4.78 is 0. The third-order valence-corrected chi connectivity index (χ3v) is 1.61. The fraction of sp³-hybridized carbons (Fsp3) is 0.900. The molecular formula is C10H20NO. The summed E-state index contributed by atoms with van der Waals surface area (Å²) in [5, 5.41) is 3.73. The van der Waals surface area contributed by atoms with Gasteiger partial charge in [0.15, 0.2) is 0 Å². The van der Waals surface area contributed by atoms with Gasteiger partial charge < -0.3 is 4.84 Å². The number of nitrogens with zero attached hydrogens (tertiary/aromatic N) is 1. The van der Waals surface area contributed by atoms with Crippen LogP contribution in [-0.4, -0.2) is 12.8 Å². The predicted octanol–water partition coefficient (Wildman–Crippen LogP) is 3.25. The van der Waals surface area contributed by atoms with Crippen LogP contribution in [0, 0.1) is 0 Å². The number of hydrogen-bond donors (Lipinski definition) is 0. The van der Waals surface area contributed by atoms with Crippen molar-refractivity contribution in [1.82, 2.24) is 0 Å². The largest absolute Gasteiger partial charge is 0.396 e. The lowest BCUT2D eigenvalue weighted by atomic mass is 10.3. The zero-order chi connectivity index (χ0) is 9.07. The summed E-state index contributed by atoms with van der Waals surface area (Å²) in [6.45, 7) is 5.08. The molecule has 71 valence electrons. The highest BCUT2D eigenvalue weighted by Crippen LogP contribution is 1.94. The molecule has 0 aromatic rings. The van der Waals surface area contributed by atoms with Crippen molar-refractivity contribution < 1.29 is 4.84 Å². The summed E-state index contributed by atoms with van der Waals surface area (Å²) in [6, 6.07) is 0. The molecule has 0 bridgehead atoms. The van der Waals surface area contributed by atoms with Gasteiger partial charge in [-0.3, -0.25) is 0 Å². The molecule has 0 aromatic carbocycles. The van der Waals surface area contributed by atoms with Gasteiger partial charge in [0.25, 0.3) is 0 Å². The standard InChI is InChI=1S/C10H20NO/c1-3-5-7-9-11-12-10-8-6-4-2/h3-8,10H2,1-2H3. The molecule has 0 aliphatic heterocycles. The summed E-state index contributed by atoms with van der Waals surface area (Å²) in [7, 11) is 0. The van der Waals surface area contributed by atoms with Crippen molar-refractivity contribution in [1.29, 1.82) is 0 Å². The Morgan fingerprint density at radius 3 is 2.50 bits per heavy atom. The van der Waals surface area contributed by atoms with Crippen LogP contribution in [0.25, 0.3) is 0 Å². The molecule has 0 saturated carbocycles. The van der Waals surface area contributed by atoms with Crippen LogP contribution in [-0.2, 0) is 4.84 Å². The molecule has 0 N–H and O–H groups in total. The van der Waals surface area contributed by atoms with E-state index in [1.807, 2.05) is 0 Å². The second-order valence-electron chi connectivity index (χ2n) is 2.89. The fourth-order valence-corrected chi connectivity index (χ4v) is 0.809. The van der Waals surface area contributed by atoms with Crippen LogP contribution < -0.4 is 0 Å². The van der Waals surface area contributed by atoms with Gasteiger partial charge in [-0.15, -0.1) is 0 Å². The maximum Gasteiger partial charge on any atom is 0.117 e. The lowest BCUT2D eigenvalue weighted by Gasteiger charge is -1.96. The normalized spacial score (nSPS) is 10.8. The van der Waals surface area contributed by atoms with E-state index in [0.717, 1.165) is 25.9 Å². The Balaban J connectivity index is 2.92. The first-order chi connectivity index (χ1) is 5.91. The molecule has 1 radical (unpaired) electrons. The zero-order valence-corrected chi connectivity index (χ0v) is 8.31. The quantitative estimate of drug-likeness (QED) is 0.311. The Kier molecular flexibility index (Phi) is 10.0. The van der Waals surface area contributed by atoms with Gasteiger partial charge in [0.1, 0.15) is 12.8 Å². The third kappa shape index (κ3) is 9.47. The molecule has 0 fully saturated rings. The van der Waals surface area contributed by atoms with Crippen molar-refractivity contribution in [3.8, 4) is 0 Å². The van der Waals surface area contributed by atoms with Crippen molar-refractivity contribution in [2.75, 3.05) is 6.61 Å². The zero-order valence-electron chi connectivity index (χ0n) is 8.31. The van der Waals surface area contributed by atoms with Crippen LogP contribution in [0.1, 0.15) is 52.4 Å². The molecule has 12 heavy (non-hydrogen) atoms. The van der Waals surface area contributed by atoms with E-state index >= 15 is 0 Å². The average molecular weight is 170 g/mol. The van der Waals surface area contributed by atoms with E-state index in [2.05, 4.69) is 25.2 Å². The maximum absolute atomic E-state index is 5.00. The van der Waals surface area contributed by atoms with Gasteiger partial charge in [0.05, 0.1) is 0 Å². The van der Waals surface area contributed by atoms with Gasteiger partial charge in [-0.25, -0.2) is 0 Å². The molecule has 0 saturated heterocycles. The third-order valence-electron chi connectivity index (χ3n) is 1.61. The Labute approximate surface area is 76.0 Å². The summed E-state index contributed by atoms with van der Waals surface area (Å²) in [5.41, 5.74) is 0. The predicted molar refractivity (Wildman–Crippen MR) is 52.4 cm³/mol. The van der Waals surface area contributed by atoms with E-state index in [1.165, 1.54) is 19.3 Å². The van der Waals surface area contributed by atoms with Crippen molar-refractivity contribution in [3.05, 3.63) is 0 Å². The van der Waals surface area contributed by atoms with Crippen LogP contribution in [0.15, 0.2) is 5.16 Å². The topological polar surface area (TPSA) is 21.6 Å². The van der Waals surface area contributed by atoms with Crippen LogP contribution in [0.3, 0.4) is 0 Å². The van der Waals surface area contributed by atoms with Crippen LogP contribution >= 0.6 is 0 Å². The lowest BCUT2D eigenvalue weighted by Crippen LogP contribution is -1.87. The molecule has 0 aromatic heterocycles. The molecule has 2 heteroatoms. The van der Waals surface area contributed by atoms with Gasteiger partial charge in [-0.05, 0) is 19.3 Å². The number of hydrogen-bond acceptors (Lipinski definition) is 2. The van der Waals surface area contributed by atoms with Crippen molar-refractivity contribution in [2.45, 2.75) is 52.4 Å². The molecule has 0 aliphatic rings. The Hall–Kier alpha value is -0.530. The highest BCUT2D eigenvalue weighted by atomic mass is 16.6. The van der Waals surface area contributed by atoms with Crippen molar-refractivity contribution in [3.63, 3.8) is 0 Å². The highest BCUT2D eigenvalue weighted by molar-refractivity contribution is 5.55. The average Bonchev–Trinajstić information content (AvgIpc) is 2.10. The van der Waals surface area contributed by atoms with Gasteiger partial charge in [-0.2, -0.15) is 0 Å². The highest BCUT2D eigenvalue weighted by Gasteiger charge is 1.84. The minimum absolute atomic E-state index is 0.743. The minimum Gasteiger partial charge on any atom is -0.396 e. The lowest BCUT2D eigenvalue weighted by molar-refractivity contribution is 0.141. The second-order valence-corrected chi connectivity index (χ2v) is 2.89. The SMILES string of the molecule is CCCC/[C]=N\OCCCCC. The molecule has 0 amide bonds. The molecule has 0 atom stereocenters. The number of rotatable bonds is 8. The van der Waals surface area contributed by atoms with Gasteiger partial charge in [-0.1, -0.05) is 38.3 Å². The van der Waals surface area contributed by atoms with Gasteiger partial charge in [0, 0.05) is 0 Å². The van der Waals surface area contributed by atoms with Crippen LogP contribution in [0.2, 0.25) is 0 Å². The van der Waals surface area contributed by atoms with E-state index in [4.69, 9.17) is 4.84 Å². The molecule has 0 spiro atoms. The molecule has 0 rings (SSSR count). The number of unbranched alkanes of at least 4 members (excludes halogenated alkanes) is 4. The van der Waals surface area contributed by atoms with Gasteiger partial charge in [0.2, 0.25) is 0 Å². The smallest absolute Gasteiger partial charge is 0.117 e. The first-order valence-electron chi connectivity index (χ1n) is 4.96. The summed E-state index contributed by atoms with van der Waals surface area (Å²) in [5.74, 6) is 0. The molecule has 0 aliphatic carbocycles. The molecular weight excluding hydrogens is 150 g/mol. The molecule has 2 nitrogen and oxygen atoms in total. The fourth-order valence-electron chi connectivity index (χ4n) is 0.809. The van der Waals surface area contributed by atoms with E-state index < -0.39 is 0 Å². The van der Waals surface area contributed by atoms with E-state index in [0.29, 0.717) is 0 Å². The van der Waals surface area contributed by atoms with Crippen LogP contribution in [0.5, 0.6) is 0 Å². The second kappa shape index (κ2) is 10.5. The van der Waals surface area contributed by atoms with Crippen LogP contribution in [0.4, 0.5) is 0 Å². The Bertz CT molecular complexity index is 102. The van der Waals surface area contributed by atoms with E-state index in [1.54, 1.807) is 0 Å². The van der Waals surface area contributed by atoms with E-state index in [-0.39, 0.29) is 0 Å². The monoisotopic (exact) mass is 170 g/mol.